The topological polar surface area (TPSA) is 125 Å². The SMILES string of the molecule is CC(=O)N[C@H]1C(O)O[C@H](CN)[C@@H](O)[C@@H]1O. The Morgan fingerprint density at radius 3 is 2.47 bits per heavy atom. The molecule has 1 saturated heterocycles. The van der Waals surface area contributed by atoms with E-state index in [4.69, 9.17) is 10.5 Å². The minimum absolute atomic E-state index is 0.0257. The summed E-state index contributed by atoms with van der Waals surface area (Å²) in [7, 11) is 0. The highest BCUT2D eigenvalue weighted by molar-refractivity contribution is 5.73. The zero-order valence-corrected chi connectivity index (χ0v) is 8.33. The molecule has 0 aromatic carbocycles. The summed E-state index contributed by atoms with van der Waals surface area (Å²) in [4.78, 5) is 10.8. The molecule has 0 spiro atoms. The lowest BCUT2D eigenvalue weighted by atomic mass is 9.97. The van der Waals surface area contributed by atoms with E-state index in [9.17, 15) is 20.1 Å². The van der Waals surface area contributed by atoms with Crippen molar-refractivity contribution in [3.63, 3.8) is 0 Å². The molecule has 0 bridgehead atoms. The number of carbonyl (C=O) groups is 1. The van der Waals surface area contributed by atoms with E-state index in [-0.39, 0.29) is 6.54 Å². The van der Waals surface area contributed by atoms with E-state index in [0.717, 1.165) is 0 Å². The molecule has 5 atom stereocenters. The van der Waals surface area contributed by atoms with E-state index in [2.05, 4.69) is 5.32 Å². The molecule has 15 heavy (non-hydrogen) atoms. The Morgan fingerprint density at radius 2 is 2.00 bits per heavy atom. The molecule has 1 amide bonds. The lowest BCUT2D eigenvalue weighted by Crippen LogP contribution is -2.64. The highest BCUT2D eigenvalue weighted by atomic mass is 16.6. The molecule has 1 unspecified atom stereocenters. The van der Waals surface area contributed by atoms with Crippen LogP contribution in [0.15, 0.2) is 0 Å². The van der Waals surface area contributed by atoms with Crippen LogP contribution < -0.4 is 11.1 Å². The molecule has 1 heterocycles. The molecule has 0 aliphatic carbocycles. The van der Waals surface area contributed by atoms with Crippen molar-refractivity contribution < 1.29 is 24.9 Å². The number of hydrogen-bond acceptors (Lipinski definition) is 6. The summed E-state index contributed by atoms with van der Waals surface area (Å²) in [6.07, 6.45) is -4.73. The van der Waals surface area contributed by atoms with Crippen molar-refractivity contribution in [2.75, 3.05) is 6.54 Å². The largest absolute Gasteiger partial charge is 0.388 e. The summed E-state index contributed by atoms with van der Waals surface area (Å²) in [5.41, 5.74) is 5.27. The maximum Gasteiger partial charge on any atom is 0.217 e. The molecule has 6 N–H and O–H groups in total. The predicted octanol–water partition coefficient (Wildman–Crippen LogP) is -3.11. The monoisotopic (exact) mass is 220 g/mol. The van der Waals surface area contributed by atoms with Crippen LogP contribution in [-0.4, -0.2) is 58.4 Å². The second-order valence-corrected chi connectivity index (χ2v) is 3.51. The Hall–Kier alpha value is -0.730. The van der Waals surface area contributed by atoms with Crippen LogP contribution in [0, 0.1) is 0 Å². The number of aliphatic hydroxyl groups is 3. The van der Waals surface area contributed by atoms with Crippen LogP contribution >= 0.6 is 0 Å². The number of rotatable bonds is 2. The minimum atomic E-state index is -1.37. The third-order valence-corrected chi connectivity index (χ3v) is 2.32. The summed E-state index contributed by atoms with van der Waals surface area (Å²) in [5, 5.41) is 30.9. The van der Waals surface area contributed by atoms with Crippen molar-refractivity contribution in [1.29, 1.82) is 0 Å². The maximum absolute atomic E-state index is 10.8. The Labute approximate surface area is 86.8 Å². The number of nitrogens with two attached hydrogens (primary N) is 1. The second kappa shape index (κ2) is 4.86. The van der Waals surface area contributed by atoms with Crippen LogP contribution in [0.25, 0.3) is 0 Å². The van der Waals surface area contributed by atoms with Crippen LogP contribution in [-0.2, 0) is 9.53 Å². The first-order valence-electron chi connectivity index (χ1n) is 4.64. The first kappa shape index (κ1) is 12.3. The molecule has 0 aromatic heterocycles. The number of aliphatic hydroxyl groups excluding tert-OH is 3. The summed E-state index contributed by atoms with van der Waals surface area (Å²) >= 11 is 0. The molecule has 0 radical (unpaired) electrons. The molecule has 1 rings (SSSR count). The zero-order valence-electron chi connectivity index (χ0n) is 8.33. The summed E-state index contributed by atoms with van der Waals surface area (Å²) in [5.74, 6) is -0.430. The Balaban J connectivity index is 2.70. The summed E-state index contributed by atoms with van der Waals surface area (Å²) < 4.78 is 4.94. The molecule has 88 valence electrons. The minimum Gasteiger partial charge on any atom is -0.388 e. The van der Waals surface area contributed by atoms with Gasteiger partial charge in [-0.3, -0.25) is 4.79 Å². The first-order chi connectivity index (χ1) is 6.97. The van der Waals surface area contributed by atoms with Gasteiger partial charge in [-0.15, -0.1) is 0 Å². The number of carbonyl (C=O) groups excluding carboxylic acids is 1. The standard InChI is InChI=1S/C8H16N2O5/c1-3(11)10-5-7(13)6(12)4(2-9)15-8(5)14/h4-8,12-14H,2,9H2,1H3,(H,10,11)/t4-,5-,6-,7-,8?/m1/s1. The van der Waals surface area contributed by atoms with Crippen molar-refractivity contribution >= 4 is 5.91 Å². The highest BCUT2D eigenvalue weighted by Crippen LogP contribution is 2.19. The lowest BCUT2D eigenvalue weighted by molar-refractivity contribution is -0.244. The average molecular weight is 220 g/mol. The molecule has 0 saturated carbocycles. The Morgan fingerprint density at radius 1 is 1.40 bits per heavy atom. The van der Waals surface area contributed by atoms with Crippen molar-refractivity contribution in [2.45, 2.75) is 37.6 Å². The fourth-order valence-electron chi connectivity index (χ4n) is 1.53. The first-order valence-corrected chi connectivity index (χ1v) is 4.64. The van der Waals surface area contributed by atoms with Crippen LogP contribution in [0.2, 0.25) is 0 Å². The van der Waals surface area contributed by atoms with Gasteiger partial charge in [0.25, 0.3) is 0 Å². The summed E-state index contributed by atoms with van der Waals surface area (Å²) in [6.45, 7) is 1.21. The molecule has 0 aromatic rings. The van der Waals surface area contributed by atoms with E-state index in [0.29, 0.717) is 0 Å². The molecule has 1 fully saturated rings. The van der Waals surface area contributed by atoms with Gasteiger partial charge in [0.05, 0.1) is 0 Å². The molecular formula is C8H16N2O5. The fourth-order valence-corrected chi connectivity index (χ4v) is 1.53. The van der Waals surface area contributed by atoms with Crippen molar-refractivity contribution in [1.82, 2.24) is 5.32 Å². The molecule has 1 aliphatic heterocycles. The van der Waals surface area contributed by atoms with Gasteiger partial charge in [-0.1, -0.05) is 0 Å². The van der Waals surface area contributed by atoms with Gasteiger partial charge in [0.15, 0.2) is 6.29 Å². The molecule has 1 aliphatic rings. The molecule has 7 nitrogen and oxygen atoms in total. The van der Waals surface area contributed by atoms with Gasteiger partial charge in [-0.05, 0) is 0 Å². The van der Waals surface area contributed by atoms with Crippen molar-refractivity contribution in [2.24, 2.45) is 5.73 Å². The number of ether oxygens (including phenoxy) is 1. The average Bonchev–Trinajstić information content (AvgIpc) is 2.18. The van der Waals surface area contributed by atoms with Crippen LogP contribution in [0.4, 0.5) is 0 Å². The maximum atomic E-state index is 10.8. The van der Waals surface area contributed by atoms with E-state index in [1.807, 2.05) is 0 Å². The van der Waals surface area contributed by atoms with Crippen LogP contribution in [0.5, 0.6) is 0 Å². The second-order valence-electron chi connectivity index (χ2n) is 3.51. The number of amides is 1. The smallest absolute Gasteiger partial charge is 0.217 e. The fraction of sp³-hybridized carbons (Fsp3) is 0.875. The van der Waals surface area contributed by atoms with Crippen molar-refractivity contribution in [3.05, 3.63) is 0 Å². The van der Waals surface area contributed by atoms with Gasteiger partial charge in [0, 0.05) is 13.5 Å². The predicted molar refractivity (Wildman–Crippen MR) is 49.6 cm³/mol. The van der Waals surface area contributed by atoms with E-state index in [1.165, 1.54) is 6.92 Å². The normalized spacial score (nSPS) is 41.3. The lowest BCUT2D eigenvalue weighted by Gasteiger charge is -2.40. The number of nitrogens with one attached hydrogen (secondary N) is 1. The van der Waals surface area contributed by atoms with E-state index < -0.39 is 36.6 Å². The Bertz CT molecular complexity index is 237. The van der Waals surface area contributed by atoms with Gasteiger partial charge >= 0.3 is 0 Å². The van der Waals surface area contributed by atoms with E-state index in [1.54, 1.807) is 0 Å². The number of hydrogen-bond donors (Lipinski definition) is 5. The van der Waals surface area contributed by atoms with Gasteiger partial charge in [0.2, 0.25) is 5.91 Å². The van der Waals surface area contributed by atoms with E-state index >= 15 is 0 Å². The van der Waals surface area contributed by atoms with Crippen LogP contribution in [0.3, 0.4) is 0 Å². The third kappa shape index (κ3) is 2.64. The van der Waals surface area contributed by atoms with Crippen LogP contribution in [0.1, 0.15) is 6.92 Å². The molecule has 7 heteroatoms. The van der Waals surface area contributed by atoms with Gasteiger partial charge in [-0.25, -0.2) is 0 Å². The summed E-state index contributed by atoms with van der Waals surface area (Å²) in [6, 6.07) is -1.04. The quantitative estimate of drug-likeness (QED) is 0.335. The zero-order chi connectivity index (χ0) is 11.6. The Kier molecular flexibility index (Phi) is 4.00. The van der Waals surface area contributed by atoms with Crippen molar-refractivity contribution in [3.8, 4) is 0 Å². The highest BCUT2D eigenvalue weighted by Gasteiger charge is 2.43. The van der Waals surface area contributed by atoms with Gasteiger partial charge < -0.3 is 31.1 Å². The third-order valence-electron chi connectivity index (χ3n) is 2.32. The molecular weight excluding hydrogens is 204 g/mol. The van der Waals surface area contributed by atoms with Gasteiger partial charge in [0.1, 0.15) is 24.4 Å². The van der Waals surface area contributed by atoms with Gasteiger partial charge in [-0.2, -0.15) is 0 Å².